The highest BCUT2D eigenvalue weighted by Gasteiger charge is 2.15. The van der Waals surface area contributed by atoms with Crippen LogP contribution in [0.2, 0.25) is 0 Å². The Labute approximate surface area is 147 Å². The number of hydrogen-bond acceptors (Lipinski definition) is 5. The number of nitrogens with zero attached hydrogens (tertiary/aromatic N) is 2. The van der Waals surface area contributed by atoms with Crippen molar-refractivity contribution in [2.75, 3.05) is 29.9 Å². The van der Waals surface area contributed by atoms with E-state index in [9.17, 15) is 9.59 Å². The van der Waals surface area contributed by atoms with Crippen molar-refractivity contribution in [3.8, 4) is 0 Å². The van der Waals surface area contributed by atoms with Gasteiger partial charge in [-0.1, -0.05) is 12.1 Å². The van der Waals surface area contributed by atoms with Gasteiger partial charge in [-0.15, -0.1) is 0 Å². The molecule has 6 heteroatoms. The first-order valence-electron chi connectivity index (χ1n) is 8.39. The molecule has 1 aromatic carbocycles. The molecular formula is C19H23N3O3. The molecule has 0 saturated heterocycles. The largest absolute Gasteiger partial charge is 0.462 e. The Morgan fingerprint density at radius 3 is 2.40 bits per heavy atom. The first kappa shape index (κ1) is 18.4. The number of hydrogen-bond donors (Lipinski definition) is 1. The summed E-state index contributed by atoms with van der Waals surface area (Å²) >= 11 is 0. The number of amides is 1. The van der Waals surface area contributed by atoms with Crippen LogP contribution >= 0.6 is 0 Å². The summed E-state index contributed by atoms with van der Waals surface area (Å²) in [5.74, 6) is -0.842. The predicted octanol–water partition coefficient (Wildman–Crippen LogP) is 3.36. The lowest BCUT2D eigenvalue weighted by Crippen LogP contribution is -2.22. The van der Waals surface area contributed by atoms with E-state index in [1.54, 1.807) is 43.5 Å². The van der Waals surface area contributed by atoms with Crippen molar-refractivity contribution >= 4 is 23.3 Å². The van der Waals surface area contributed by atoms with Crippen LogP contribution in [0.3, 0.4) is 0 Å². The van der Waals surface area contributed by atoms with Gasteiger partial charge in [0.15, 0.2) is 0 Å². The number of carbonyl (C=O) groups is 2. The number of esters is 1. The van der Waals surface area contributed by atoms with E-state index in [0.717, 1.165) is 18.8 Å². The van der Waals surface area contributed by atoms with Crippen molar-refractivity contribution in [3.63, 3.8) is 0 Å². The predicted molar refractivity (Wildman–Crippen MR) is 98.1 cm³/mol. The second-order valence-electron chi connectivity index (χ2n) is 5.29. The molecule has 0 saturated carbocycles. The van der Waals surface area contributed by atoms with E-state index in [1.807, 2.05) is 6.07 Å². The molecule has 0 aliphatic carbocycles. The summed E-state index contributed by atoms with van der Waals surface area (Å²) in [6, 6.07) is 10.3. The van der Waals surface area contributed by atoms with Gasteiger partial charge in [0.25, 0.3) is 5.91 Å². The number of nitrogens with one attached hydrogen (secondary N) is 1. The molecule has 0 radical (unpaired) electrons. The molecule has 0 aliphatic heterocycles. The summed E-state index contributed by atoms with van der Waals surface area (Å²) < 4.78 is 5.01. The van der Waals surface area contributed by atoms with Gasteiger partial charge in [-0.05, 0) is 45.0 Å². The molecule has 1 aromatic heterocycles. The molecule has 0 atom stereocenters. The van der Waals surface area contributed by atoms with Gasteiger partial charge in [-0.3, -0.25) is 4.79 Å². The topological polar surface area (TPSA) is 71.5 Å². The van der Waals surface area contributed by atoms with E-state index >= 15 is 0 Å². The van der Waals surface area contributed by atoms with Crippen LogP contribution < -0.4 is 10.2 Å². The zero-order valence-corrected chi connectivity index (χ0v) is 14.8. The molecule has 1 amide bonds. The normalized spacial score (nSPS) is 10.2. The Morgan fingerprint density at radius 2 is 1.80 bits per heavy atom. The number of aromatic nitrogens is 1. The third kappa shape index (κ3) is 4.56. The van der Waals surface area contributed by atoms with Crippen LogP contribution in [0, 0.1) is 0 Å². The van der Waals surface area contributed by atoms with E-state index in [1.165, 1.54) is 0 Å². The van der Waals surface area contributed by atoms with Crippen molar-refractivity contribution in [1.82, 2.24) is 4.98 Å². The maximum Gasteiger partial charge on any atom is 0.340 e. The molecule has 132 valence electrons. The Kier molecular flexibility index (Phi) is 6.51. The van der Waals surface area contributed by atoms with Crippen LogP contribution in [0.15, 0.2) is 42.6 Å². The third-order valence-electron chi connectivity index (χ3n) is 3.78. The number of pyridine rings is 1. The SMILES string of the molecule is CCOC(=O)c1ccccc1NC(=O)c1ccc(N(CC)CC)cn1. The highest BCUT2D eigenvalue weighted by atomic mass is 16.5. The van der Waals surface area contributed by atoms with Gasteiger partial charge in [0.1, 0.15) is 5.69 Å². The van der Waals surface area contributed by atoms with Crippen LogP contribution in [0.4, 0.5) is 11.4 Å². The van der Waals surface area contributed by atoms with Gasteiger partial charge in [-0.2, -0.15) is 0 Å². The summed E-state index contributed by atoms with van der Waals surface area (Å²) in [4.78, 5) is 30.8. The molecule has 2 rings (SSSR count). The maximum atomic E-state index is 12.4. The second-order valence-corrected chi connectivity index (χ2v) is 5.29. The van der Waals surface area contributed by atoms with Crippen molar-refractivity contribution in [2.45, 2.75) is 20.8 Å². The van der Waals surface area contributed by atoms with Crippen LogP contribution in [0.1, 0.15) is 41.6 Å². The average molecular weight is 341 g/mol. The number of rotatable bonds is 7. The van der Waals surface area contributed by atoms with Crippen molar-refractivity contribution in [3.05, 3.63) is 53.9 Å². The fourth-order valence-corrected chi connectivity index (χ4v) is 2.46. The zero-order chi connectivity index (χ0) is 18.2. The third-order valence-corrected chi connectivity index (χ3v) is 3.78. The molecular weight excluding hydrogens is 318 g/mol. The molecule has 0 bridgehead atoms. The lowest BCUT2D eigenvalue weighted by molar-refractivity contribution is 0.0527. The molecule has 0 unspecified atom stereocenters. The highest BCUT2D eigenvalue weighted by Crippen LogP contribution is 2.18. The van der Waals surface area contributed by atoms with Gasteiger partial charge in [0, 0.05) is 13.1 Å². The minimum Gasteiger partial charge on any atom is -0.462 e. The Balaban J connectivity index is 2.16. The number of para-hydroxylation sites is 1. The smallest absolute Gasteiger partial charge is 0.340 e. The number of benzene rings is 1. The van der Waals surface area contributed by atoms with Gasteiger partial charge < -0.3 is 15.0 Å². The highest BCUT2D eigenvalue weighted by molar-refractivity contribution is 6.07. The molecule has 0 aliphatic rings. The molecule has 25 heavy (non-hydrogen) atoms. The van der Waals surface area contributed by atoms with Gasteiger partial charge in [0.2, 0.25) is 0 Å². The zero-order valence-electron chi connectivity index (χ0n) is 14.8. The lowest BCUT2D eigenvalue weighted by Gasteiger charge is -2.20. The quantitative estimate of drug-likeness (QED) is 0.782. The summed E-state index contributed by atoms with van der Waals surface area (Å²) in [6.07, 6.45) is 1.68. The number of ether oxygens (including phenoxy) is 1. The Bertz CT molecular complexity index is 725. The molecule has 0 spiro atoms. The van der Waals surface area contributed by atoms with Crippen molar-refractivity contribution in [1.29, 1.82) is 0 Å². The average Bonchev–Trinajstić information content (AvgIpc) is 2.64. The van der Waals surface area contributed by atoms with Crippen LogP contribution in [0.25, 0.3) is 0 Å². The van der Waals surface area contributed by atoms with Crippen LogP contribution in [-0.2, 0) is 4.74 Å². The second kappa shape index (κ2) is 8.82. The maximum absolute atomic E-state index is 12.4. The summed E-state index contributed by atoms with van der Waals surface area (Å²) in [7, 11) is 0. The molecule has 0 fully saturated rings. The number of carbonyl (C=O) groups excluding carboxylic acids is 2. The Hall–Kier alpha value is -2.89. The summed E-state index contributed by atoms with van der Waals surface area (Å²) in [5.41, 5.74) is 1.97. The first-order chi connectivity index (χ1) is 12.1. The lowest BCUT2D eigenvalue weighted by atomic mass is 10.1. The molecule has 1 N–H and O–H groups in total. The molecule has 1 heterocycles. The summed E-state index contributed by atoms with van der Waals surface area (Å²) in [6.45, 7) is 7.89. The fourth-order valence-electron chi connectivity index (χ4n) is 2.46. The van der Waals surface area contributed by atoms with E-state index in [2.05, 4.69) is 29.0 Å². The van der Waals surface area contributed by atoms with Crippen molar-refractivity contribution in [2.24, 2.45) is 0 Å². The minimum atomic E-state index is -0.469. The Morgan fingerprint density at radius 1 is 1.08 bits per heavy atom. The molecule has 2 aromatic rings. The number of anilines is 2. The van der Waals surface area contributed by atoms with E-state index < -0.39 is 5.97 Å². The van der Waals surface area contributed by atoms with Crippen LogP contribution in [-0.4, -0.2) is 36.6 Å². The van der Waals surface area contributed by atoms with E-state index in [0.29, 0.717) is 11.3 Å². The van der Waals surface area contributed by atoms with Gasteiger partial charge in [0.05, 0.1) is 29.7 Å². The summed E-state index contributed by atoms with van der Waals surface area (Å²) in [5, 5.41) is 2.73. The van der Waals surface area contributed by atoms with Gasteiger partial charge in [-0.25, -0.2) is 9.78 Å². The van der Waals surface area contributed by atoms with E-state index in [4.69, 9.17) is 4.74 Å². The molecule has 6 nitrogen and oxygen atoms in total. The monoisotopic (exact) mass is 341 g/mol. The van der Waals surface area contributed by atoms with Gasteiger partial charge >= 0.3 is 5.97 Å². The first-order valence-corrected chi connectivity index (χ1v) is 8.39. The van der Waals surface area contributed by atoms with Crippen LogP contribution in [0.5, 0.6) is 0 Å². The standard InChI is InChI=1S/C19H23N3O3/c1-4-22(5-2)14-11-12-17(20-13-14)18(23)21-16-10-8-7-9-15(16)19(24)25-6-3/h7-13H,4-6H2,1-3H3,(H,21,23). The fraction of sp³-hybridized carbons (Fsp3) is 0.316. The van der Waals surface area contributed by atoms with E-state index in [-0.39, 0.29) is 18.2 Å². The van der Waals surface area contributed by atoms with Crippen molar-refractivity contribution < 1.29 is 14.3 Å². The minimum absolute atomic E-state index is 0.273.